The third-order valence-electron chi connectivity index (χ3n) is 3.52. The molecule has 0 aromatic heterocycles. The Morgan fingerprint density at radius 2 is 1.72 bits per heavy atom. The molecular formula is C18H21NO5S. The average Bonchev–Trinajstić information content (AvgIpc) is 2.55. The van der Waals surface area contributed by atoms with Gasteiger partial charge in [-0.2, -0.15) is 0 Å². The van der Waals surface area contributed by atoms with E-state index in [2.05, 4.69) is 4.72 Å². The number of nitrogens with one attached hydrogen (secondary N) is 1. The van der Waals surface area contributed by atoms with Crippen molar-refractivity contribution in [2.24, 2.45) is 0 Å². The van der Waals surface area contributed by atoms with Crippen LogP contribution in [0.5, 0.6) is 5.75 Å². The Balaban J connectivity index is 1.89. The van der Waals surface area contributed by atoms with E-state index < -0.39 is 22.0 Å². The van der Waals surface area contributed by atoms with Crippen molar-refractivity contribution in [2.45, 2.75) is 18.9 Å². The lowest BCUT2D eigenvalue weighted by atomic mass is 10.1. The van der Waals surface area contributed by atoms with Gasteiger partial charge in [-0.25, -0.2) is 13.1 Å². The molecule has 25 heavy (non-hydrogen) atoms. The molecule has 0 aliphatic carbocycles. The van der Waals surface area contributed by atoms with E-state index in [0.717, 1.165) is 12.7 Å². The SMILES string of the molecule is CS(=O)(=O)N[C@@H](Cc1ccc(OCCc2ccccc2)cc1)C(=O)O. The van der Waals surface area contributed by atoms with Crippen LogP contribution in [0.15, 0.2) is 54.6 Å². The zero-order valence-corrected chi connectivity index (χ0v) is 14.7. The Morgan fingerprint density at radius 3 is 2.28 bits per heavy atom. The topological polar surface area (TPSA) is 92.7 Å². The van der Waals surface area contributed by atoms with E-state index in [-0.39, 0.29) is 6.42 Å². The van der Waals surface area contributed by atoms with Gasteiger partial charge in [0.2, 0.25) is 10.0 Å². The fraction of sp³-hybridized carbons (Fsp3) is 0.278. The normalized spacial score (nSPS) is 12.5. The maximum Gasteiger partial charge on any atom is 0.322 e. The van der Waals surface area contributed by atoms with Gasteiger partial charge in [0.1, 0.15) is 11.8 Å². The zero-order valence-electron chi connectivity index (χ0n) is 13.9. The summed E-state index contributed by atoms with van der Waals surface area (Å²) in [5.74, 6) is -0.531. The van der Waals surface area contributed by atoms with Gasteiger partial charge in [0.25, 0.3) is 0 Å². The molecule has 0 saturated heterocycles. The Kier molecular flexibility index (Phi) is 6.55. The van der Waals surface area contributed by atoms with E-state index in [1.807, 2.05) is 30.3 Å². The van der Waals surface area contributed by atoms with Gasteiger partial charge < -0.3 is 9.84 Å². The highest BCUT2D eigenvalue weighted by molar-refractivity contribution is 7.88. The van der Waals surface area contributed by atoms with Crippen molar-refractivity contribution in [2.75, 3.05) is 12.9 Å². The second-order valence-corrected chi connectivity index (χ2v) is 7.49. The highest BCUT2D eigenvalue weighted by atomic mass is 32.2. The number of aliphatic carboxylic acids is 1. The van der Waals surface area contributed by atoms with Crippen molar-refractivity contribution in [1.82, 2.24) is 4.72 Å². The van der Waals surface area contributed by atoms with Gasteiger partial charge in [-0.3, -0.25) is 4.79 Å². The number of carboxylic acids is 1. The molecule has 0 bridgehead atoms. The van der Waals surface area contributed by atoms with E-state index in [1.54, 1.807) is 24.3 Å². The quantitative estimate of drug-likeness (QED) is 0.709. The van der Waals surface area contributed by atoms with Crippen LogP contribution in [-0.4, -0.2) is 38.4 Å². The minimum absolute atomic E-state index is 0.0622. The second-order valence-electron chi connectivity index (χ2n) is 5.71. The number of carboxylic acid groups (broad SMARTS) is 1. The third-order valence-corrected chi connectivity index (χ3v) is 4.23. The molecule has 6 nitrogen and oxygen atoms in total. The molecular weight excluding hydrogens is 342 g/mol. The summed E-state index contributed by atoms with van der Waals surface area (Å²) < 4.78 is 30.2. The van der Waals surface area contributed by atoms with Crippen LogP contribution in [0.3, 0.4) is 0 Å². The highest BCUT2D eigenvalue weighted by Gasteiger charge is 2.21. The average molecular weight is 363 g/mol. The number of benzene rings is 2. The number of carbonyl (C=O) groups is 1. The summed E-state index contributed by atoms with van der Waals surface area (Å²) >= 11 is 0. The summed E-state index contributed by atoms with van der Waals surface area (Å²) in [5.41, 5.74) is 1.90. The molecule has 0 unspecified atom stereocenters. The summed E-state index contributed by atoms with van der Waals surface area (Å²) in [6.45, 7) is 0.538. The van der Waals surface area contributed by atoms with Gasteiger partial charge in [-0.1, -0.05) is 42.5 Å². The smallest absolute Gasteiger partial charge is 0.322 e. The molecule has 7 heteroatoms. The van der Waals surface area contributed by atoms with Gasteiger partial charge in [0.05, 0.1) is 12.9 Å². The number of hydrogen-bond donors (Lipinski definition) is 2. The first kappa shape index (κ1) is 19.0. The molecule has 134 valence electrons. The van der Waals surface area contributed by atoms with Gasteiger partial charge in [0, 0.05) is 6.42 Å². The summed E-state index contributed by atoms with van der Waals surface area (Å²) in [5, 5.41) is 9.13. The van der Waals surface area contributed by atoms with Crippen molar-refractivity contribution in [1.29, 1.82) is 0 Å². The van der Waals surface area contributed by atoms with Crippen LogP contribution < -0.4 is 9.46 Å². The molecule has 0 aliphatic rings. The van der Waals surface area contributed by atoms with Crippen molar-refractivity contribution >= 4 is 16.0 Å². The Labute approximate surface area is 147 Å². The van der Waals surface area contributed by atoms with Crippen LogP contribution in [0, 0.1) is 0 Å². The van der Waals surface area contributed by atoms with Gasteiger partial charge in [-0.15, -0.1) is 0 Å². The fourth-order valence-electron chi connectivity index (χ4n) is 2.33. The number of hydrogen-bond acceptors (Lipinski definition) is 4. The van der Waals surface area contributed by atoms with Crippen molar-refractivity contribution in [3.8, 4) is 5.75 Å². The van der Waals surface area contributed by atoms with Crippen LogP contribution in [0.4, 0.5) is 0 Å². The molecule has 2 aromatic rings. The van der Waals surface area contributed by atoms with Gasteiger partial charge >= 0.3 is 5.97 Å². The monoisotopic (exact) mass is 363 g/mol. The second kappa shape index (κ2) is 8.64. The lowest BCUT2D eigenvalue weighted by Gasteiger charge is -2.13. The molecule has 2 N–H and O–H groups in total. The van der Waals surface area contributed by atoms with Gasteiger partial charge in [0.15, 0.2) is 0 Å². The number of rotatable bonds is 9. The lowest BCUT2D eigenvalue weighted by Crippen LogP contribution is -2.41. The van der Waals surface area contributed by atoms with E-state index >= 15 is 0 Å². The molecule has 2 aromatic carbocycles. The van der Waals surface area contributed by atoms with E-state index in [9.17, 15) is 13.2 Å². The Morgan fingerprint density at radius 1 is 1.08 bits per heavy atom. The zero-order chi connectivity index (χ0) is 18.3. The van der Waals surface area contributed by atoms with Crippen molar-refractivity contribution < 1.29 is 23.1 Å². The molecule has 0 heterocycles. The van der Waals surface area contributed by atoms with Crippen LogP contribution in [0.1, 0.15) is 11.1 Å². The number of ether oxygens (including phenoxy) is 1. The molecule has 2 rings (SSSR count). The largest absolute Gasteiger partial charge is 0.493 e. The summed E-state index contributed by atoms with van der Waals surface area (Å²) in [4.78, 5) is 11.2. The molecule has 1 atom stereocenters. The lowest BCUT2D eigenvalue weighted by molar-refractivity contribution is -0.138. The molecule has 0 aliphatic heterocycles. The van der Waals surface area contributed by atoms with Crippen LogP contribution in [0.2, 0.25) is 0 Å². The predicted molar refractivity (Wildman–Crippen MR) is 95.2 cm³/mol. The predicted octanol–water partition coefficient (Wildman–Crippen LogP) is 1.85. The first-order chi connectivity index (χ1) is 11.8. The maximum atomic E-state index is 11.2. The molecule has 0 spiro atoms. The summed E-state index contributed by atoms with van der Waals surface area (Å²) in [6, 6.07) is 15.8. The number of sulfonamides is 1. The van der Waals surface area contributed by atoms with E-state index in [0.29, 0.717) is 17.9 Å². The summed E-state index contributed by atoms with van der Waals surface area (Å²) in [6.07, 6.45) is 1.79. The van der Waals surface area contributed by atoms with Gasteiger partial charge in [-0.05, 0) is 29.7 Å². The fourth-order valence-corrected chi connectivity index (χ4v) is 3.03. The molecule has 0 radical (unpaired) electrons. The molecule has 0 amide bonds. The van der Waals surface area contributed by atoms with Crippen LogP contribution in [-0.2, 0) is 27.7 Å². The molecule has 0 saturated carbocycles. The first-order valence-corrected chi connectivity index (χ1v) is 9.68. The molecule has 0 fully saturated rings. The van der Waals surface area contributed by atoms with Crippen molar-refractivity contribution in [3.63, 3.8) is 0 Å². The standard InChI is InChI=1S/C18H21NO5S/c1-25(22,23)19-17(18(20)21)13-15-7-9-16(10-8-15)24-12-11-14-5-3-2-4-6-14/h2-10,17,19H,11-13H2,1H3,(H,20,21)/t17-/m0/s1. The third kappa shape index (κ3) is 6.94. The van der Waals surface area contributed by atoms with Crippen LogP contribution >= 0.6 is 0 Å². The Hall–Kier alpha value is -2.38. The van der Waals surface area contributed by atoms with E-state index in [1.165, 1.54) is 5.56 Å². The minimum Gasteiger partial charge on any atom is -0.493 e. The van der Waals surface area contributed by atoms with Crippen LogP contribution in [0.25, 0.3) is 0 Å². The minimum atomic E-state index is -3.59. The summed E-state index contributed by atoms with van der Waals surface area (Å²) in [7, 11) is -3.59. The van der Waals surface area contributed by atoms with E-state index in [4.69, 9.17) is 9.84 Å². The maximum absolute atomic E-state index is 11.2. The van der Waals surface area contributed by atoms with Crippen molar-refractivity contribution in [3.05, 3.63) is 65.7 Å². The first-order valence-electron chi connectivity index (χ1n) is 7.79. The Bertz CT molecular complexity index is 788. The highest BCUT2D eigenvalue weighted by Crippen LogP contribution is 2.14.